The summed E-state index contributed by atoms with van der Waals surface area (Å²) in [4.78, 5) is 18.7. The standard InChI is InChI=1S/C15H18N2O2S/c1-11-14(20-10-16-11)9-17(2)13(15(18)19)8-12-6-4-3-5-7-12/h3-7,10,13H,8-9H2,1-2H3,(H,18,19). The summed E-state index contributed by atoms with van der Waals surface area (Å²) in [6.45, 7) is 2.56. The molecular formula is C15H18N2O2S. The smallest absolute Gasteiger partial charge is 0.321 e. The molecule has 20 heavy (non-hydrogen) atoms. The van der Waals surface area contributed by atoms with Crippen LogP contribution in [0.4, 0.5) is 0 Å². The summed E-state index contributed by atoms with van der Waals surface area (Å²) in [6.07, 6.45) is 0.504. The minimum Gasteiger partial charge on any atom is -0.480 e. The Morgan fingerprint density at radius 2 is 2.10 bits per heavy atom. The van der Waals surface area contributed by atoms with E-state index in [4.69, 9.17) is 0 Å². The van der Waals surface area contributed by atoms with E-state index < -0.39 is 12.0 Å². The van der Waals surface area contributed by atoms with E-state index in [9.17, 15) is 9.90 Å². The lowest BCUT2D eigenvalue weighted by Gasteiger charge is -2.24. The van der Waals surface area contributed by atoms with Crippen molar-refractivity contribution in [3.05, 3.63) is 52.0 Å². The average molecular weight is 290 g/mol. The molecule has 0 bridgehead atoms. The molecule has 1 heterocycles. The van der Waals surface area contributed by atoms with Gasteiger partial charge < -0.3 is 5.11 Å². The number of hydrogen-bond donors (Lipinski definition) is 1. The number of benzene rings is 1. The molecule has 0 aliphatic heterocycles. The quantitative estimate of drug-likeness (QED) is 0.888. The second kappa shape index (κ2) is 6.63. The monoisotopic (exact) mass is 290 g/mol. The third-order valence-corrected chi connectivity index (χ3v) is 4.25. The Kier molecular flexibility index (Phi) is 4.87. The lowest BCUT2D eigenvalue weighted by molar-refractivity contribution is -0.142. The molecule has 1 aromatic heterocycles. The summed E-state index contributed by atoms with van der Waals surface area (Å²) in [6, 6.07) is 9.19. The first-order chi connectivity index (χ1) is 9.58. The van der Waals surface area contributed by atoms with Crippen molar-refractivity contribution in [3.8, 4) is 0 Å². The van der Waals surface area contributed by atoms with Crippen LogP contribution in [0.25, 0.3) is 0 Å². The molecule has 4 nitrogen and oxygen atoms in total. The second-order valence-electron chi connectivity index (χ2n) is 4.82. The molecule has 0 amide bonds. The number of carbonyl (C=O) groups is 1. The summed E-state index contributed by atoms with van der Waals surface area (Å²) >= 11 is 1.57. The van der Waals surface area contributed by atoms with E-state index in [2.05, 4.69) is 4.98 Å². The lowest BCUT2D eigenvalue weighted by atomic mass is 10.0. The second-order valence-corrected chi connectivity index (χ2v) is 5.76. The fourth-order valence-electron chi connectivity index (χ4n) is 2.08. The van der Waals surface area contributed by atoms with Gasteiger partial charge in [0.2, 0.25) is 0 Å². The highest BCUT2D eigenvalue weighted by atomic mass is 32.1. The Hall–Kier alpha value is -1.72. The molecule has 0 fully saturated rings. The number of aryl methyl sites for hydroxylation is 1. The summed E-state index contributed by atoms with van der Waals surface area (Å²) in [5.74, 6) is -0.793. The average Bonchev–Trinajstić information content (AvgIpc) is 2.82. The molecule has 0 saturated heterocycles. The van der Waals surface area contributed by atoms with E-state index in [1.807, 2.05) is 49.2 Å². The Morgan fingerprint density at radius 3 is 2.65 bits per heavy atom. The van der Waals surface area contributed by atoms with Crippen LogP contribution in [0.5, 0.6) is 0 Å². The molecule has 5 heteroatoms. The Labute approximate surface area is 122 Å². The number of thiazole rings is 1. The van der Waals surface area contributed by atoms with Gasteiger partial charge in [-0.05, 0) is 26.0 Å². The van der Waals surface area contributed by atoms with Crippen molar-refractivity contribution in [2.24, 2.45) is 0 Å². The van der Waals surface area contributed by atoms with E-state index in [-0.39, 0.29) is 0 Å². The van der Waals surface area contributed by atoms with E-state index >= 15 is 0 Å². The molecular weight excluding hydrogens is 272 g/mol. The molecule has 2 aromatic rings. The zero-order chi connectivity index (χ0) is 14.5. The van der Waals surface area contributed by atoms with Gasteiger partial charge in [0.05, 0.1) is 11.2 Å². The number of nitrogens with zero attached hydrogens (tertiary/aromatic N) is 2. The molecule has 106 valence electrons. The molecule has 1 atom stereocenters. The lowest BCUT2D eigenvalue weighted by Crippen LogP contribution is -2.39. The largest absolute Gasteiger partial charge is 0.480 e. The first-order valence-electron chi connectivity index (χ1n) is 6.44. The fourth-order valence-corrected chi connectivity index (χ4v) is 2.92. The van der Waals surface area contributed by atoms with Crippen LogP contribution in [0.15, 0.2) is 35.8 Å². The fraction of sp³-hybridized carbons (Fsp3) is 0.333. The third kappa shape index (κ3) is 3.65. The highest BCUT2D eigenvalue weighted by Gasteiger charge is 2.23. The van der Waals surface area contributed by atoms with Gasteiger partial charge in [-0.15, -0.1) is 11.3 Å². The summed E-state index contributed by atoms with van der Waals surface area (Å²) in [5.41, 5.74) is 3.81. The van der Waals surface area contributed by atoms with Gasteiger partial charge in [0.15, 0.2) is 0 Å². The van der Waals surface area contributed by atoms with Crippen LogP contribution in [-0.4, -0.2) is 34.0 Å². The SMILES string of the molecule is Cc1ncsc1CN(C)C(Cc1ccccc1)C(=O)O. The van der Waals surface area contributed by atoms with Gasteiger partial charge >= 0.3 is 5.97 Å². The number of carboxylic acid groups (broad SMARTS) is 1. The van der Waals surface area contributed by atoms with Crippen molar-refractivity contribution < 1.29 is 9.90 Å². The minimum absolute atomic E-state index is 0.504. The zero-order valence-corrected chi connectivity index (χ0v) is 12.4. The Bertz CT molecular complexity index is 568. The van der Waals surface area contributed by atoms with Crippen molar-refractivity contribution in [1.29, 1.82) is 0 Å². The molecule has 2 rings (SSSR count). The van der Waals surface area contributed by atoms with Crippen LogP contribution in [-0.2, 0) is 17.8 Å². The zero-order valence-electron chi connectivity index (χ0n) is 11.6. The number of aliphatic carboxylic acids is 1. The van der Waals surface area contributed by atoms with Crippen LogP contribution < -0.4 is 0 Å². The van der Waals surface area contributed by atoms with Gasteiger partial charge in [-0.2, -0.15) is 0 Å². The molecule has 1 aromatic carbocycles. The molecule has 0 aliphatic rings. The van der Waals surface area contributed by atoms with E-state index in [1.54, 1.807) is 16.8 Å². The van der Waals surface area contributed by atoms with E-state index in [0.29, 0.717) is 13.0 Å². The topological polar surface area (TPSA) is 53.4 Å². The first kappa shape index (κ1) is 14.7. The third-order valence-electron chi connectivity index (χ3n) is 3.33. The predicted octanol–water partition coefficient (Wildman–Crippen LogP) is 2.58. The summed E-state index contributed by atoms with van der Waals surface area (Å²) in [7, 11) is 1.85. The normalized spacial score (nSPS) is 12.6. The van der Waals surface area contributed by atoms with Crippen LogP contribution in [0.2, 0.25) is 0 Å². The summed E-state index contributed by atoms with van der Waals surface area (Å²) in [5, 5.41) is 9.45. The van der Waals surface area contributed by atoms with E-state index in [1.165, 1.54) is 0 Å². The summed E-state index contributed by atoms with van der Waals surface area (Å²) < 4.78 is 0. The van der Waals surface area contributed by atoms with Gasteiger partial charge in [0.25, 0.3) is 0 Å². The van der Waals surface area contributed by atoms with Gasteiger partial charge in [-0.1, -0.05) is 30.3 Å². The Balaban J connectivity index is 2.08. The van der Waals surface area contributed by atoms with E-state index in [0.717, 1.165) is 16.1 Å². The molecule has 1 N–H and O–H groups in total. The highest BCUT2D eigenvalue weighted by Crippen LogP contribution is 2.17. The molecule has 0 aliphatic carbocycles. The van der Waals surface area contributed by atoms with Crippen molar-refractivity contribution in [1.82, 2.24) is 9.88 Å². The maximum Gasteiger partial charge on any atom is 0.321 e. The van der Waals surface area contributed by atoms with Crippen molar-refractivity contribution in [2.75, 3.05) is 7.05 Å². The predicted molar refractivity (Wildman–Crippen MR) is 79.9 cm³/mol. The maximum atomic E-state index is 11.5. The van der Waals surface area contributed by atoms with Gasteiger partial charge in [0.1, 0.15) is 6.04 Å². The number of rotatable bonds is 6. The van der Waals surface area contributed by atoms with Gasteiger partial charge in [-0.3, -0.25) is 9.69 Å². The van der Waals surface area contributed by atoms with Crippen LogP contribution in [0, 0.1) is 6.92 Å². The number of carboxylic acids is 1. The van der Waals surface area contributed by atoms with Gasteiger partial charge in [-0.25, -0.2) is 4.98 Å². The first-order valence-corrected chi connectivity index (χ1v) is 7.32. The van der Waals surface area contributed by atoms with Crippen molar-refractivity contribution >= 4 is 17.3 Å². The van der Waals surface area contributed by atoms with Crippen LogP contribution >= 0.6 is 11.3 Å². The maximum absolute atomic E-state index is 11.5. The number of hydrogen-bond acceptors (Lipinski definition) is 4. The number of aromatic nitrogens is 1. The molecule has 0 spiro atoms. The Morgan fingerprint density at radius 1 is 1.40 bits per heavy atom. The molecule has 1 unspecified atom stereocenters. The highest BCUT2D eigenvalue weighted by molar-refractivity contribution is 7.09. The van der Waals surface area contributed by atoms with Crippen molar-refractivity contribution in [3.63, 3.8) is 0 Å². The van der Waals surface area contributed by atoms with Crippen LogP contribution in [0.3, 0.4) is 0 Å². The number of likely N-dealkylation sites (N-methyl/N-ethyl adjacent to an activating group) is 1. The minimum atomic E-state index is -0.793. The molecule has 0 saturated carbocycles. The van der Waals surface area contributed by atoms with Crippen LogP contribution in [0.1, 0.15) is 16.1 Å². The molecule has 0 radical (unpaired) electrons. The van der Waals surface area contributed by atoms with Crippen molar-refractivity contribution in [2.45, 2.75) is 25.9 Å². The van der Waals surface area contributed by atoms with Gasteiger partial charge in [0, 0.05) is 11.4 Å².